The average Bonchev–Trinajstić information content (AvgIpc) is 3.27. The molecular weight excluding hydrogens is 488 g/mol. The van der Waals surface area contributed by atoms with Crippen LogP contribution in [0.25, 0.3) is 0 Å². The molecule has 0 aliphatic heterocycles. The van der Waals surface area contributed by atoms with E-state index < -0.39 is 54.6 Å². The van der Waals surface area contributed by atoms with Crippen molar-refractivity contribution in [1.29, 1.82) is 0 Å². The molecule has 1 atom stereocenters. The van der Waals surface area contributed by atoms with Crippen LogP contribution in [-0.2, 0) is 14.4 Å². The zero-order valence-corrected chi connectivity index (χ0v) is 19.9. The topological polar surface area (TPSA) is 134 Å². The summed E-state index contributed by atoms with van der Waals surface area (Å²) in [5.41, 5.74) is -0.342. The number of carbonyl (C=O) groups is 4. The number of anilines is 2. The van der Waals surface area contributed by atoms with Crippen molar-refractivity contribution in [2.75, 3.05) is 23.7 Å². The van der Waals surface area contributed by atoms with E-state index >= 15 is 0 Å². The summed E-state index contributed by atoms with van der Waals surface area (Å²) in [5.74, 6) is -5.29. The minimum Gasteiger partial charge on any atom is -0.346 e. The monoisotopic (exact) mass is 514 g/mol. The molecule has 14 heteroatoms. The molecule has 0 aliphatic carbocycles. The fourth-order valence-electron chi connectivity index (χ4n) is 3.17. The van der Waals surface area contributed by atoms with Gasteiger partial charge in [-0.15, -0.1) is 0 Å². The van der Waals surface area contributed by atoms with E-state index in [4.69, 9.17) is 0 Å². The van der Waals surface area contributed by atoms with Crippen LogP contribution < -0.4 is 21.3 Å². The van der Waals surface area contributed by atoms with Crippen LogP contribution in [-0.4, -0.2) is 52.7 Å². The van der Waals surface area contributed by atoms with E-state index in [1.54, 1.807) is 5.32 Å². The molecule has 0 saturated carbocycles. The lowest BCUT2D eigenvalue weighted by atomic mass is 9.97. The summed E-state index contributed by atoms with van der Waals surface area (Å²) in [7, 11) is 0. The Morgan fingerprint density at radius 2 is 1.69 bits per heavy atom. The summed E-state index contributed by atoms with van der Waals surface area (Å²) in [5, 5.41) is 12.7. The van der Waals surface area contributed by atoms with E-state index in [1.807, 2.05) is 13.8 Å². The molecule has 4 N–H and O–H groups in total. The first-order chi connectivity index (χ1) is 16.7. The Balaban J connectivity index is 2.16. The van der Waals surface area contributed by atoms with Crippen molar-refractivity contribution in [2.24, 2.45) is 0 Å². The number of alkyl halides is 3. The molecule has 0 spiro atoms. The van der Waals surface area contributed by atoms with Crippen LogP contribution in [0.5, 0.6) is 0 Å². The quantitative estimate of drug-likeness (QED) is 0.382. The maximum atomic E-state index is 14.8. The molecule has 1 unspecified atom stereocenters. The van der Waals surface area contributed by atoms with Gasteiger partial charge in [0.2, 0.25) is 17.7 Å². The third-order valence-corrected chi connectivity index (χ3v) is 4.85. The van der Waals surface area contributed by atoms with Crippen molar-refractivity contribution < 1.29 is 36.7 Å². The van der Waals surface area contributed by atoms with E-state index in [9.17, 15) is 36.7 Å². The smallest absolute Gasteiger partial charge is 0.346 e. The van der Waals surface area contributed by atoms with Crippen LogP contribution >= 0.6 is 0 Å². The van der Waals surface area contributed by atoms with Gasteiger partial charge in [-0.05, 0) is 44.5 Å². The number of halogens is 4. The highest BCUT2D eigenvalue weighted by Crippen LogP contribution is 2.31. The average molecular weight is 514 g/mol. The van der Waals surface area contributed by atoms with Crippen LogP contribution in [0.15, 0.2) is 24.4 Å². The predicted octanol–water partition coefficient (Wildman–Crippen LogP) is 2.71. The minimum atomic E-state index is -4.64. The van der Waals surface area contributed by atoms with Gasteiger partial charge < -0.3 is 21.3 Å². The van der Waals surface area contributed by atoms with Crippen molar-refractivity contribution in [2.45, 2.75) is 45.8 Å². The molecule has 0 bridgehead atoms. The van der Waals surface area contributed by atoms with E-state index in [0.29, 0.717) is 0 Å². The molecule has 2 rings (SSSR count). The van der Waals surface area contributed by atoms with E-state index in [1.165, 1.54) is 23.9 Å². The number of rotatable bonds is 9. The van der Waals surface area contributed by atoms with Crippen molar-refractivity contribution in [1.82, 2.24) is 20.4 Å². The van der Waals surface area contributed by atoms with Crippen molar-refractivity contribution >= 4 is 35.0 Å². The van der Waals surface area contributed by atoms with Gasteiger partial charge >= 0.3 is 6.18 Å². The number of benzene rings is 1. The summed E-state index contributed by atoms with van der Waals surface area (Å²) in [4.78, 5) is 48.4. The fourth-order valence-corrected chi connectivity index (χ4v) is 3.17. The molecule has 1 aromatic heterocycles. The Morgan fingerprint density at radius 1 is 1.03 bits per heavy atom. The minimum absolute atomic E-state index is 0.0845. The Hall–Kier alpha value is -3.97. The summed E-state index contributed by atoms with van der Waals surface area (Å²) in [6.07, 6.45) is -3.21. The molecule has 4 amide bonds. The largest absolute Gasteiger partial charge is 0.405 e. The van der Waals surface area contributed by atoms with Gasteiger partial charge in [-0.1, -0.05) is 0 Å². The van der Waals surface area contributed by atoms with E-state index in [2.05, 4.69) is 21.0 Å². The molecular formula is C22H26F4N6O4. The molecule has 10 nitrogen and oxygen atoms in total. The maximum absolute atomic E-state index is 14.8. The molecule has 2 aromatic rings. The molecule has 0 saturated heterocycles. The lowest BCUT2D eigenvalue weighted by Crippen LogP contribution is -2.36. The highest BCUT2D eigenvalue weighted by atomic mass is 19.4. The number of hydrogen-bond donors (Lipinski definition) is 4. The lowest BCUT2D eigenvalue weighted by Gasteiger charge is -2.19. The summed E-state index contributed by atoms with van der Waals surface area (Å²) in [6.45, 7) is 3.91. The molecule has 1 aromatic carbocycles. The maximum Gasteiger partial charge on any atom is 0.405 e. The second-order valence-electron chi connectivity index (χ2n) is 8.14. The Morgan fingerprint density at radius 3 is 2.28 bits per heavy atom. The molecule has 36 heavy (non-hydrogen) atoms. The molecule has 196 valence electrons. The van der Waals surface area contributed by atoms with Crippen LogP contribution in [0.3, 0.4) is 0 Å². The zero-order valence-electron chi connectivity index (χ0n) is 19.9. The normalized spacial score (nSPS) is 12.1. The number of aromatic nitrogens is 2. The zero-order chi connectivity index (χ0) is 27.2. The third-order valence-electron chi connectivity index (χ3n) is 4.85. The first kappa shape index (κ1) is 28.3. The van der Waals surface area contributed by atoms with Crippen molar-refractivity contribution in [3.63, 3.8) is 0 Å². The van der Waals surface area contributed by atoms with Gasteiger partial charge in [0.15, 0.2) is 0 Å². The van der Waals surface area contributed by atoms with Crippen LogP contribution in [0.1, 0.15) is 55.7 Å². The second-order valence-corrected chi connectivity index (χ2v) is 8.14. The fraction of sp³-hybridized carbons (Fsp3) is 0.409. The van der Waals surface area contributed by atoms with Gasteiger partial charge in [-0.2, -0.15) is 18.3 Å². The van der Waals surface area contributed by atoms with Crippen LogP contribution in [0.2, 0.25) is 0 Å². The van der Waals surface area contributed by atoms with Gasteiger partial charge in [0.25, 0.3) is 5.91 Å². The first-order valence-electron chi connectivity index (χ1n) is 10.8. The van der Waals surface area contributed by atoms with Gasteiger partial charge in [-0.3, -0.25) is 23.9 Å². The summed E-state index contributed by atoms with van der Waals surface area (Å²) < 4.78 is 53.5. The van der Waals surface area contributed by atoms with Crippen molar-refractivity contribution in [3.05, 3.63) is 41.5 Å². The number of nitrogens with zero attached hydrogens (tertiary/aromatic N) is 2. The highest BCUT2D eigenvalue weighted by Gasteiger charge is 2.30. The van der Waals surface area contributed by atoms with Gasteiger partial charge in [-0.25, -0.2) is 4.39 Å². The van der Waals surface area contributed by atoms with E-state index in [-0.39, 0.29) is 28.7 Å². The summed E-state index contributed by atoms with van der Waals surface area (Å²) >= 11 is 0. The number of nitrogens with one attached hydrogen (secondary N) is 4. The van der Waals surface area contributed by atoms with Gasteiger partial charge in [0, 0.05) is 24.8 Å². The van der Waals surface area contributed by atoms with E-state index in [0.717, 1.165) is 19.1 Å². The standard InChI is InChI=1S/C22H26F4N6O4/c1-11(2)32-18(5-6-29-32)21(36)27-9-19(34)31-17-8-16(30-13(4)33)14(7-15(17)23)12(3)20(35)28-10-22(24,25)26/h5-8,11-12H,9-10H2,1-4H3,(H,27,36)(H,28,35)(H,30,33)(H,31,34). The van der Waals surface area contributed by atoms with Crippen LogP contribution in [0, 0.1) is 5.82 Å². The molecule has 0 fully saturated rings. The van der Waals surface area contributed by atoms with Crippen molar-refractivity contribution in [3.8, 4) is 0 Å². The number of carbonyl (C=O) groups excluding carboxylic acids is 4. The van der Waals surface area contributed by atoms with Crippen LogP contribution in [0.4, 0.5) is 28.9 Å². The molecule has 0 aliphatic rings. The SMILES string of the molecule is CC(=O)Nc1cc(NC(=O)CNC(=O)c2ccnn2C(C)C)c(F)cc1C(C)C(=O)NCC(F)(F)F. The third kappa shape index (κ3) is 7.78. The molecule has 1 heterocycles. The Bertz CT molecular complexity index is 1150. The lowest BCUT2D eigenvalue weighted by molar-refractivity contribution is -0.139. The second kappa shape index (κ2) is 11.6. The summed E-state index contributed by atoms with van der Waals surface area (Å²) in [6, 6.07) is 3.23. The predicted molar refractivity (Wildman–Crippen MR) is 122 cm³/mol. The Kier molecular flexibility index (Phi) is 9.14. The first-order valence-corrected chi connectivity index (χ1v) is 10.8. The number of amides is 4. The van der Waals surface area contributed by atoms with Gasteiger partial charge in [0.1, 0.15) is 18.1 Å². The molecule has 0 radical (unpaired) electrons. The highest BCUT2D eigenvalue weighted by molar-refractivity contribution is 5.99. The van der Waals surface area contributed by atoms with Gasteiger partial charge in [0.05, 0.1) is 18.2 Å². The Labute approximate surface area is 203 Å². The number of hydrogen-bond acceptors (Lipinski definition) is 5.